The molecule has 0 aliphatic carbocycles. The van der Waals surface area contributed by atoms with Crippen LogP contribution in [0.4, 0.5) is 5.69 Å². The number of nitrogens with zero attached hydrogens (tertiary/aromatic N) is 1. The molecule has 30 heavy (non-hydrogen) atoms. The Morgan fingerprint density at radius 2 is 1.90 bits per heavy atom. The van der Waals surface area contributed by atoms with Gasteiger partial charge in [-0.2, -0.15) is 0 Å². The highest BCUT2D eigenvalue weighted by Gasteiger charge is 2.33. The molecule has 1 atom stereocenters. The van der Waals surface area contributed by atoms with Crippen LogP contribution in [0, 0.1) is 5.41 Å². The molecule has 164 valence electrons. The molecule has 2 N–H and O–H groups in total. The van der Waals surface area contributed by atoms with Crippen molar-refractivity contribution in [3.05, 3.63) is 41.1 Å². The zero-order valence-corrected chi connectivity index (χ0v) is 19.4. The predicted octanol–water partition coefficient (Wildman–Crippen LogP) is 3.21. The normalized spacial score (nSPS) is 16.9. The van der Waals surface area contributed by atoms with Gasteiger partial charge in [-0.25, -0.2) is 4.79 Å². The van der Waals surface area contributed by atoms with Crippen molar-refractivity contribution in [1.29, 1.82) is 0 Å². The summed E-state index contributed by atoms with van der Waals surface area (Å²) < 4.78 is 10.3. The molecule has 2 rings (SSSR count). The van der Waals surface area contributed by atoms with Crippen LogP contribution in [0.2, 0.25) is 0 Å². The number of allylic oxidation sites excluding steroid dienone is 1. The number of benzene rings is 1. The number of hydrogen-bond acceptors (Lipinski definition) is 5. The maximum Gasteiger partial charge on any atom is 0.338 e. The smallest absolute Gasteiger partial charge is 0.338 e. The largest absolute Gasteiger partial charge is 0.460 e. The van der Waals surface area contributed by atoms with E-state index >= 15 is 0 Å². The van der Waals surface area contributed by atoms with Gasteiger partial charge in [0, 0.05) is 31.4 Å². The molecule has 1 unspecified atom stereocenters. The summed E-state index contributed by atoms with van der Waals surface area (Å²) >= 11 is 11.3. The minimum absolute atomic E-state index is 0.161. The standard InChI is InChI=1S/C21H28ClN3O4S/c1-13-16(18(26)29-11-10-28-5)17(24-20(30)25(13)4)14-6-8-15(9-7-14)23-19(27)21(2,3)12-22/h6-9,17H,10-12H2,1-5H3,(H,23,27)(H,24,30). The number of thiocarbonyl (C=S) groups is 1. The number of methoxy groups -OCH3 is 1. The first-order valence-corrected chi connectivity index (χ1v) is 10.4. The van der Waals surface area contributed by atoms with Crippen molar-refractivity contribution in [3.63, 3.8) is 0 Å². The molecule has 1 aliphatic rings. The maximum atomic E-state index is 12.8. The lowest BCUT2D eigenvalue weighted by atomic mass is 9.94. The average molecular weight is 454 g/mol. The number of hydrogen-bond donors (Lipinski definition) is 2. The van der Waals surface area contributed by atoms with Gasteiger partial charge in [0.1, 0.15) is 6.61 Å². The monoisotopic (exact) mass is 453 g/mol. The van der Waals surface area contributed by atoms with E-state index in [4.69, 9.17) is 33.3 Å². The molecule has 0 radical (unpaired) electrons. The van der Waals surface area contributed by atoms with Gasteiger partial charge in [0.05, 0.1) is 23.6 Å². The Balaban J connectivity index is 2.27. The van der Waals surface area contributed by atoms with Crippen LogP contribution >= 0.6 is 23.8 Å². The molecule has 0 bridgehead atoms. The Kier molecular flexibility index (Phi) is 8.23. The van der Waals surface area contributed by atoms with Gasteiger partial charge < -0.3 is 25.0 Å². The number of anilines is 1. The second-order valence-electron chi connectivity index (χ2n) is 7.66. The van der Waals surface area contributed by atoms with Gasteiger partial charge in [-0.1, -0.05) is 12.1 Å². The summed E-state index contributed by atoms with van der Waals surface area (Å²) in [5.41, 5.74) is 1.97. The van der Waals surface area contributed by atoms with Crippen molar-refractivity contribution in [1.82, 2.24) is 10.2 Å². The third kappa shape index (κ3) is 5.50. The quantitative estimate of drug-likeness (QED) is 0.271. The lowest BCUT2D eigenvalue weighted by Gasteiger charge is -2.35. The van der Waals surface area contributed by atoms with Gasteiger partial charge in [0.25, 0.3) is 0 Å². The fraction of sp³-hybridized carbons (Fsp3) is 0.476. The van der Waals surface area contributed by atoms with E-state index in [0.717, 1.165) is 5.56 Å². The number of alkyl halides is 1. The van der Waals surface area contributed by atoms with Gasteiger partial charge in [0.15, 0.2) is 5.11 Å². The van der Waals surface area contributed by atoms with Crippen LogP contribution in [0.1, 0.15) is 32.4 Å². The third-order valence-electron chi connectivity index (χ3n) is 4.95. The van der Waals surface area contributed by atoms with E-state index < -0.39 is 17.4 Å². The van der Waals surface area contributed by atoms with Gasteiger partial charge in [-0.3, -0.25) is 4.79 Å². The molecule has 0 spiro atoms. The van der Waals surface area contributed by atoms with E-state index in [1.54, 1.807) is 45.0 Å². The van der Waals surface area contributed by atoms with E-state index in [1.807, 2.05) is 19.1 Å². The molecule has 0 fully saturated rings. The zero-order valence-electron chi connectivity index (χ0n) is 17.9. The first-order chi connectivity index (χ1) is 14.1. The summed E-state index contributed by atoms with van der Waals surface area (Å²) in [6, 6.07) is 6.77. The number of carbonyl (C=O) groups excluding carboxylic acids is 2. The van der Waals surface area contributed by atoms with Gasteiger partial charge >= 0.3 is 5.97 Å². The summed E-state index contributed by atoms with van der Waals surface area (Å²) in [5.74, 6) is -0.383. The number of esters is 1. The molecular formula is C21H28ClN3O4S. The predicted molar refractivity (Wildman–Crippen MR) is 121 cm³/mol. The summed E-state index contributed by atoms with van der Waals surface area (Å²) in [4.78, 5) is 26.8. The molecular weight excluding hydrogens is 426 g/mol. The third-order valence-corrected chi connectivity index (χ3v) is 6.01. The number of nitrogens with one attached hydrogen (secondary N) is 2. The lowest BCUT2D eigenvalue weighted by molar-refractivity contribution is -0.140. The van der Waals surface area contributed by atoms with Crippen LogP contribution < -0.4 is 10.6 Å². The molecule has 0 saturated carbocycles. The minimum Gasteiger partial charge on any atom is -0.460 e. The van der Waals surface area contributed by atoms with Gasteiger partial charge in [-0.05, 0) is 50.7 Å². The molecule has 1 heterocycles. The fourth-order valence-electron chi connectivity index (χ4n) is 2.77. The zero-order chi connectivity index (χ0) is 22.5. The molecule has 1 aliphatic heterocycles. The summed E-state index contributed by atoms with van der Waals surface area (Å²) in [7, 11) is 3.34. The maximum absolute atomic E-state index is 12.8. The number of ether oxygens (including phenoxy) is 2. The topological polar surface area (TPSA) is 79.9 Å². The summed E-state index contributed by atoms with van der Waals surface area (Å²) in [5, 5.41) is 6.56. The number of rotatable bonds is 8. The van der Waals surface area contributed by atoms with Crippen molar-refractivity contribution in [3.8, 4) is 0 Å². The molecule has 0 aromatic heterocycles. The van der Waals surface area contributed by atoms with Crippen LogP contribution in [-0.2, 0) is 19.1 Å². The lowest BCUT2D eigenvalue weighted by Crippen LogP contribution is -2.46. The van der Waals surface area contributed by atoms with Gasteiger partial charge in [0.2, 0.25) is 5.91 Å². The van der Waals surface area contributed by atoms with Crippen LogP contribution in [0.5, 0.6) is 0 Å². The van der Waals surface area contributed by atoms with Crippen LogP contribution in [0.25, 0.3) is 0 Å². The van der Waals surface area contributed by atoms with Crippen molar-refractivity contribution in [2.75, 3.05) is 38.6 Å². The van der Waals surface area contributed by atoms with Crippen molar-refractivity contribution >= 4 is 46.5 Å². The molecule has 7 nitrogen and oxygen atoms in total. The number of carbonyl (C=O) groups is 2. The van der Waals surface area contributed by atoms with Crippen molar-refractivity contribution in [2.24, 2.45) is 5.41 Å². The molecule has 1 aromatic rings. The first kappa shape index (κ1) is 24.1. The van der Waals surface area contributed by atoms with E-state index in [1.165, 1.54) is 0 Å². The summed E-state index contributed by atoms with van der Waals surface area (Å²) in [6.45, 7) is 5.87. The minimum atomic E-state index is -0.680. The molecule has 9 heteroatoms. The number of halogens is 1. The van der Waals surface area contributed by atoms with Crippen LogP contribution in [0.3, 0.4) is 0 Å². The van der Waals surface area contributed by atoms with E-state index in [0.29, 0.717) is 28.7 Å². The fourth-order valence-corrected chi connectivity index (χ4v) is 3.14. The SMILES string of the molecule is COCCOC(=O)C1=C(C)N(C)C(=S)NC1c1ccc(NC(=O)C(C)(C)CCl)cc1. The Hall–Kier alpha value is -2.16. The van der Waals surface area contributed by atoms with E-state index in [-0.39, 0.29) is 18.4 Å². The van der Waals surface area contributed by atoms with Gasteiger partial charge in [-0.15, -0.1) is 11.6 Å². The second kappa shape index (κ2) is 10.2. The van der Waals surface area contributed by atoms with E-state index in [2.05, 4.69) is 10.6 Å². The van der Waals surface area contributed by atoms with Crippen molar-refractivity contribution < 1.29 is 19.1 Å². The average Bonchev–Trinajstić information content (AvgIpc) is 2.72. The second-order valence-corrected chi connectivity index (χ2v) is 8.32. The van der Waals surface area contributed by atoms with Crippen LogP contribution in [0.15, 0.2) is 35.5 Å². The van der Waals surface area contributed by atoms with Crippen molar-refractivity contribution in [2.45, 2.75) is 26.8 Å². The first-order valence-electron chi connectivity index (χ1n) is 9.50. The summed E-state index contributed by atoms with van der Waals surface area (Å²) in [6.07, 6.45) is 0. The highest BCUT2D eigenvalue weighted by Crippen LogP contribution is 2.31. The Labute approximate surface area is 187 Å². The molecule has 0 saturated heterocycles. The Morgan fingerprint density at radius 3 is 2.47 bits per heavy atom. The Bertz CT molecular complexity index is 839. The Morgan fingerprint density at radius 1 is 1.27 bits per heavy atom. The highest BCUT2D eigenvalue weighted by atomic mass is 35.5. The van der Waals surface area contributed by atoms with Crippen LogP contribution in [-0.4, -0.2) is 55.1 Å². The number of amides is 1. The van der Waals surface area contributed by atoms with E-state index in [9.17, 15) is 9.59 Å². The highest BCUT2D eigenvalue weighted by molar-refractivity contribution is 7.80. The molecule has 1 amide bonds. The molecule has 1 aromatic carbocycles.